The fourth-order valence-electron chi connectivity index (χ4n) is 3.12. The number of amides is 1. The Kier molecular flexibility index (Phi) is 4.37. The molecule has 0 bridgehead atoms. The van der Waals surface area contributed by atoms with Crippen LogP contribution in [0.5, 0.6) is 0 Å². The van der Waals surface area contributed by atoms with Gasteiger partial charge in [0.05, 0.1) is 30.2 Å². The lowest BCUT2D eigenvalue weighted by atomic mass is 10.1. The van der Waals surface area contributed by atoms with Crippen LogP contribution in [-0.2, 0) is 17.8 Å². The summed E-state index contributed by atoms with van der Waals surface area (Å²) in [6.45, 7) is 5.59. The van der Waals surface area contributed by atoms with Crippen molar-refractivity contribution in [3.63, 3.8) is 0 Å². The van der Waals surface area contributed by atoms with Gasteiger partial charge in [0.1, 0.15) is 5.69 Å². The zero-order valence-corrected chi connectivity index (χ0v) is 14.7. The van der Waals surface area contributed by atoms with Crippen molar-refractivity contribution in [1.82, 2.24) is 19.4 Å². The zero-order chi connectivity index (χ0) is 16.5. The van der Waals surface area contributed by atoms with Gasteiger partial charge in [-0.05, 0) is 25.7 Å². The number of carbonyl (C=O) groups excluding carboxylic acids is 1. The van der Waals surface area contributed by atoms with E-state index in [2.05, 4.69) is 14.5 Å². The Morgan fingerprint density at radius 2 is 2.17 bits per heavy atom. The van der Waals surface area contributed by atoms with E-state index in [-0.39, 0.29) is 11.8 Å². The molecule has 1 fully saturated rings. The molecule has 0 N–H and O–H groups in total. The smallest absolute Gasteiger partial charge is 0.273 e. The van der Waals surface area contributed by atoms with Crippen LogP contribution in [0.4, 0.5) is 0 Å². The molecule has 7 heteroatoms. The number of fused-ring (bicyclic) bond motifs is 1. The molecular weight excluding hydrogens is 324 g/mol. The third kappa shape index (κ3) is 3.52. The van der Waals surface area contributed by atoms with Gasteiger partial charge in [-0.25, -0.2) is 9.97 Å². The number of aryl methyl sites for hydroxylation is 1. The number of aromatic nitrogens is 3. The number of thiazole rings is 1. The number of imidazole rings is 1. The summed E-state index contributed by atoms with van der Waals surface area (Å²) in [5.41, 5.74) is 1.61. The number of hydrogen-bond donors (Lipinski definition) is 0. The molecule has 2 aromatic rings. The lowest BCUT2D eigenvalue weighted by Gasteiger charge is -2.23. The fraction of sp³-hybridized carbons (Fsp3) is 0.588. The maximum atomic E-state index is 12.8. The predicted octanol–water partition coefficient (Wildman–Crippen LogP) is 2.35. The summed E-state index contributed by atoms with van der Waals surface area (Å²) in [4.78, 5) is 23.3. The van der Waals surface area contributed by atoms with Gasteiger partial charge in [-0.3, -0.25) is 4.79 Å². The van der Waals surface area contributed by atoms with Crippen molar-refractivity contribution < 1.29 is 9.53 Å². The van der Waals surface area contributed by atoms with E-state index in [0.29, 0.717) is 25.4 Å². The molecule has 24 heavy (non-hydrogen) atoms. The van der Waals surface area contributed by atoms with Gasteiger partial charge in [-0.1, -0.05) is 0 Å². The quantitative estimate of drug-likeness (QED) is 0.834. The molecule has 3 heterocycles. The van der Waals surface area contributed by atoms with Crippen LogP contribution in [-0.4, -0.2) is 45.1 Å². The number of nitrogens with zero attached hydrogens (tertiary/aromatic N) is 4. The number of rotatable bonds is 5. The topological polar surface area (TPSA) is 60.2 Å². The molecule has 1 amide bonds. The van der Waals surface area contributed by atoms with Crippen LogP contribution in [0.1, 0.15) is 34.0 Å². The molecular formula is C17H22N4O2S. The van der Waals surface area contributed by atoms with E-state index in [1.165, 1.54) is 24.2 Å². The Morgan fingerprint density at radius 3 is 2.92 bits per heavy atom. The first-order chi connectivity index (χ1) is 11.7. The van der Waals surface area contributed by atoms with Crippen LogP contribution < -0.4 is 0 Å². The van der Waals surface area contributed by atoms with Gasteiger partial charge in [0.2, 0.25) is 0 Å². The molecule has 2 aliphatic rings. The van der Waals surface area contributed by atoms with Crippen molar-refractivity contribution in [3.05, 3.63) is 34.3 Å². The van der Waals surface area contributed by atoms with Crippen molar-refractivity contribution in [2.75, 3.05) is 19.8 Å². The summed E-state index contributed by atoms with van der Waals surface area (Å²) >= 11 is 1.51. The minimum Gasteiger partial charge on any atom is -0.381 e. The lowest BCUT2D eigenvalue weighted by Crippen LogP contribution is -2.35. The number of hydrogen-bond acceptors (Lipinski definition) is 5. The second-order valence-corrected chi connectivity index (χ2v) is 7.88. The van der Waals surface area contributed by atoms with Crippen LogP contribution in [0.3, 0.4) is 0 Å². The predicted molar refractivity (Wildman–Crippen MR) is 90.9 cm³/mol. The van der Waals surface area contributed by atoms with Gasteiger partial charge in [0, 0.05) is 37.2 Å². The minimum atomic E-state index is 0.00110. The normalized spacial score (nSPS) is 20.7. The Bertz CT molecular complexity index is 722. The van der Waals surface area contributed by atoms with Crippen LogP contribution in [0.25, 0.3) is 0 Å². The summed E-state index contributed by atoms with van der Waals surface area (Å²) in [5.74, 6) is 1.04. The minimum absolute atomic E-state index is 0.00110. The van der Waals surface area contributed by atoms with Gasteiger partial charge >= 0.3 is 0 Å². The number of carbonyl (C=O) groups is 1. The Labute approximate surface area is 145 Å². The average molecular weight is 346 g/mol. The number of ether oxygens (including phenoxy) is 1. The SMILES string of the molecule is Cc1nc(C(=O)N2Cc3cncn3C[C@H](COCC3CC3)C2)cs1. The highest BCUT2D eigenvalue weighted by Gasteiger charge is 2.28. The largest absolute Gasteiger partial charge is 0.381 e. The molecule has 0 aromatic carbocycles. The molecule has 1 atom stereocenters. The van der Waals surface area contributed by atoms with Gasteiger partial charge in [0.25, 0.3) is 5.91 Å². The van der Waals surface area contributed by atoms with Gasteiger partial charge in [0.15, 0.2) is 0 Å². The van der Waals surface area contributed by atoms with Gasteiger partial charge in [-0.2, -0.15) is 0 Å². The highest BCUT2D eigenvalue weighted by Crippen LogP contribution is 2.29. The molecule has 0 saturated heterocycles. The van der Waals surface area contributed by atoms with Crippen molar-refractivity contribution in [1.29, 1.82) is 0 Å². The van der Waals surface area contributed by atoms with Gasteiger partial charge in [-0.15, -0.1) is 11.3 Å². The molecule has 2 aromatic heterocycles. The second kappa shape index (κ2) is 6.64. The van der Waals surface area contributed by atoms with Crippen molar-refractivity contribution >= 4 is 17.2 Å². The molecule has 4 rings (SSSR count). The third-order valence-electron chi connectivity index (χ3n) is 4.61. The van der Waals surface area contributed by atoms with Gasteiger partial charge < -0.3 is 14.2 Å². The molecule has 0 unspecified atom stereocenters. The maximum Gasteiger partial charge on any atom is 0.273 e. The summed E-state index contributed by atoms with van der Waals surface area (Å²) in [6.07, 6.45) is 6.29. The molecule has 128 valence electrons. The Balaban J connectivity index is 1.48. The van der Waals surface area contributed by atoms with Crippen molar-refractivity contribution in [2.24, 2.45) is 11.8 Å². The van der Waals surface area contributed by atoms with E-state index in [0.717, 1.165) is 29.8 Å². The summed E-state index contributed by atoms with van der Waals surface area (Å²) < 4.78 is 8.04. The van der Waals surface area contributed by atoms with E-state index in [9.17, 15) is 4.79 Å². The van der Waals surface area contributed by atoms with E-state index in [1.807, 2.05) is 29.7 Å². The van der Waals surface area contributed by atoms with Crippen LogP contribution >= 0.6 is 11.3 Å². The summed E-state index contributed by atoms with van der Waals surface area (Å²) in [7, 11) is 0. The third-order valence-corrected chi connectivity index (χ3v) is 5.39. The monoisotopic (exact) mass is 346 g/mol. The first-order valence-electron chi connectivity index (χ1n) is 8.47. The van der Waals surface area contributed by atoms with E-state index in [1.54, 1.807) is 0 Å². The summed E-state index contributed by atoms with van der Waals surface area (Å²) in [5, 5.41) is 2.76. The van der Waals surface area contributed by atoms with E-state index in [4.69, 9.17) is 4.74 Å². The van der Waals surface area contributed by atoms with Crippen LogP contribution in [0, 0.1) is 18.8 Å². The lowest BCUT2D eigenvalue weighted by molar-refractivity contribution is 0.0568. The molecule has 1 aliphatic carbocycles. The molecule has 0 spiro atoms. The maximum absolute atomic E-state index is 12.8. The zero-order valence-electron chi connectivity index (χ0n) is 13.9. The Morgan fingerprint density at radius 1 is 1.33 bits per heavy atom. The fourth-order valence-corrected chi connectivity index (χ4v) is 3.71. The molecule has 0 radical (unpaired) electrons. The highest BCUT2D eigenvalue weighted by molar-refractivity contribution is 7.09. The van der Waals surface area contributed by atoms with Crippen molar-refractivity contribution in [2.45, 2.75) is 32.9 Å². The van der Waals surface area contributed by atoms with E-state index >= 15 is 0 Å². The highest BCUT2D eigenvalue weighted by atomic mass is 32.1. The van der Waals surface area contributed by atoms with Crippen LogP contribution in [0.15, 0.2) is 17.9 Å². The standard InChI is InChI=1S/C17H22N4O2S/c1-12-19-16(10-24-12)17(22)20-5-14(9-23-8-13-2-3-13)6-21-11-18-4-15(21)7-20/h4,10-11,13-14H,2-3,5-9H2,1H3/t14-/m1/s1. The first-order valence-corrected chi connectivity index (χ1v) is 9.35. The summed E-state index contributed by atoms with van der Waals surface area (Å²) in [6, 6.07) is 0. The molecule has 1 aliphatic heterocycles. The Hall–Kier alpha value is -1.73. The molecule has 6 nitrogen and oxygen atoms in total. The first kappa shape index (κ1) is 15.8. The average Bonchev–Trinajstić information content (AvgIpc) is 3.19. The van der Waals surface area contributed by atoms with Crippen LogP contribution in [0.2, 0.25) is 0 Å². The van der Waals surface area contributed by atoms with E-state index < -0.39 is 0 Å². The van der Waals surface area contributed by atoms with Crippen molar-refractivity contribution in [3.8, 4) is 0 Å². The molecule has 1 saturated carbocycles. The second-order valence-electron chi connectivity index (χ2n) is 6.82.